The van der Waals surface area contributed by atoms with Crippen molar-refractivity contribution in [3.8, 4) is 0 Å². The molecule has 0 saturated carbocycles. The Balaban J connectivity index is 0.000000116. The van der Waals surface area contributed by atoms with E-state index in [-0.39, 0.29) is 0 Å². The zero-order chi connectivity index (χ0) is 44.8. The van der Waals surface area contributed by atoms with Crippen molar-refractivity contribution in [1.82, 2.24) is 16.0 Å². The maximum absolute atomic E-state index is 6.25. The Kier molecular flexibility index (Phi) is 14.3. The summed E-state index contributed by atoms with van der Waals surface area (Å²) in [5.41, 5.74) is 28.3. The summed E-state index contributed by atoms with van der Waals surface area (Å²) in [6.45, 7) is 8.82. The minimum atomic E-state index is 0.847. The van der Waals surface area contributed by atoms with Crippen LogP contribution in [0.4, 0.5) is 0 Å². The fourth-order valence-corrected chi connectivity index (χ4v) is 12.0. The van der Waals surface area contributed by atoms with E-state index in [0.29, 0.717) is 0 Å². The number of rotatable bonds is 0. The van der Waals surface area contributed by atoms with E-state index in [4.69, 9.17) is 11.6 Å². The standard InChI is InChI=1S/C21H23N.C20H20BrN.C20H20ClN/c1-15-6-7-17-9-8-16-4-2-3-5-19(16)21(20(17)14-15)18-10-12-22-13-11-18;2*21-17-7-8-19-16(13-17)6-5-14-3-1-2-4-18(14)20(19)15-9-11-22-12-10-15/h2-7,14,22H,8-13H2,1H3;2*1-4,7-8,13,22H,5-6,9-12H2. The number of benzene rings is 6. The number of nitrogens with one attached hydrogen (secondary N) is 3. The first-order chi connectivity index (χ1) is 32.5. The highest BCUT2D eigenvalue weighted by Crippen LogP contribution is 2.41. The lowest BCUT2D eigenvalue weighted by Gasteiger charge is -2.22. The van der Waals surface area contributed by atoms with Gasteiger partial charge >= 0.3 is 0 Å². The van der Waals surface area contributed by atoms with E-state index in [2.05, 4.69) is 160 Å². The van der Waals surface area contributed by atoms with Gasteiger partial charge in [0.2, 0.25) is 0 Å². The van der Waals surface area contributed by atoms with Gasteiger partial charge in [-0.1, -0.05) is 153 Å². The summed E-state index contributed by atoms with van der Waals surface area (Å²) in [6.07, 6.45) is 13.7. The summed E-state index contributed by atoms with van der Waals surface area (Å²) in [5.74, 6) is 0. The number of hydrogen-bond donors (Lipinski definition) is 3. The first-order valence-electron chi connectivity index (χ1n) is 24.7. The molecule has 6 aliphatic rings. The van der Waals surface area contributed by atoms with Gasteiger partial charge in [0.25, 0.3) is 0 Å². The maximum atomic E-state index is 6.25. The van der Waals surface area contributed by atoms with Gasteiger partial charge in [-0.2, -0.15) is 0 Å². The molecule has 0 spiro atoms. The molecular weight excluding hydrogens is 890 g/mol. The summed E-state index contributed by atoms with van der Waals surface area (Å²) < 4.78 is 1.19. The summed E-state index contributed by atoms with van der Waals surface area (Å²) in [4.78, 5) is 0. The second kappa shape index (κ2) is 21.0. The van der Waals surface area contributed by atoms with Gasteiger partial charge in [-0.15, -0.1) is 0 Å². The molecule has 336 valence electrons. The molecule has 6 aromatic carbocycles. The fourth-order valence-electron chi connectivity index (χ4n) is 11.4. The summed E-state index contributed by atoms with van der Waals surface area (Å²) in [6, 6.07) is 47.2. The molecule has 0 amide bonds. The van der Waals surface area contributed by atoms with Crippen LogP contribution in [0.2, 0.25) is 5.02 Å². The van der Waals surface area contributed by atoms with E-state index >= 15 is 0 Å². The Bertz CT molecular complexity index is 2690. The molecule has 12 rings (SSSR count). The van der Waals surface area contributed by atoms with Crippen molar-refractivity contribution >= 4 is 44.3 Å². The van der Waals surface area contributed by atoms with Crippen molar-refractivity contribution < 1.29 is 0 Å². The molecule has 5 heteroatoms. The van der Waals surface area contributed by atoms with Gasteiger partial charge in [-0.05, 0) is 231 Å². The Morgan fingerprint density at radius 2 is 0.712 bits per heavy atom. The van der Waals surface area contributed by atoms with E-state index in [0.717, 1.165) is 95.7 Å². The van der Waals surface area contributed by atoms with Gasteiger partial charge < -0.3 is 16.0 Å². The van der Waals surface area contributed by atoms with Crippen LogP contribution in [0.15, 0.2) is 149 Å². The van der Waals surface area contributed by atoms with Crippen LogP contribution in [0.5, 0.6) is 0 Å². The SMILES string of the molecule is Brc1ccc2c(c1)CCc1ccccc1C2=C1CCNCC1.Cc1ccc2c(c1)C(=C1CCNCC1)c1ccccc1CC2.Clc1ccc2c(c1)CCc1ccccc1C2=C1CCNCC1. The van der Waals surface area contributed by atoms with Gasteiger partial charge in [0.05, 0.1) is 0 Å². The molecule has 3 aliphatic heterocycles. The van der Waals surface area contributed by atoms with Crippen molar-refractivity contribution in [3.63, 3.8) is 0 Å². The highest BCUT2D eigenvalue weighted by molar-refractivity contribution is 9.10. The molecule has 0 radical (unpaired) electrons. The van der Waals surface area contributed by atoms with Gasteiger partial charge in [-0.25, -0.2) is 0 Å². The lowest BCUT2D eigenvalue weighted by Crippen LogP contribution is -2.24. The quantitative estimate of drug-likeness (QED) is 0.142. The molecule has 0 unspecified atom stereocenters. The molecule has 3 saturated heterocycles. The molecule has 0 atom stereocenters. The topological polar surface area (TPSA) is 36.1 Å². The van der Waals surface area contributed by atoms with E-state index in [1.54, 1.807) is 16.7 Å². The first-order valence-corrected chi connectivity index (χ1v) is 25.9. The van der Waals surface area contributed by atoms with E-state index in [9.17, 15) is 0 Å². The third-order valence-electron chi connectivity index (χ3n) is 14.7. The molecule has 3 nitrogen and oxygen atoms in total. The van der Waals surface area contributed by atoms with Crippen LogP contribution in [0.1, 0.15) is 111 Å². The number of halogens is 2. The van der Waals surface area contributed by atoms with Crippen molar-refractivity contribution in [2.45, 2.75) is 84.0 Å². The average Bonchev–Trinajstić information content (AvgIpc) is 3.72. The monoisotopic (exact) mass is 951 g/mol. The zero-order valence-electron chi connectivity index (χ0n) is 38.6. The van der Waals surface area contributed by atoms with Crippen LogP contribution in [-0.4, -0.2) is 39.3 Å². The third-order valence-corrected chi connectivity index (χ3v) is 15.5. The van der Waals surface area contributed by atoms with E-state index < -0.39 is 0 Å². The van der Waals surface area contributed by atoms with E-state index in [1.807, 2.05) is 6.07 Å². The maximum Gasteiger partial charge on any atom is 0.0409 e. The minimum Gasteiger partial charge on any atom is -0.316 e. The lowest BCUT2D eigenvalue weighted by molar-refractivity contribution is 0.611. The molecule has 0 aromatic heterocycles. The molecule has 3 aliphatic carbocycles. The molecule has 3 heterocycles. The van der Waals surface area contributed by atoms with Crippen LogP contribution in [-0.2, 0) is 38.5 Å². The largest absolute Gasteiger partial charge is 0.316 e. The van der Waals surface area contributed by atoms with E-state index in [1.165, 1.54) is 119 Å². The highest BCUT2D eigenvalue weighted by Gasteiger charge is 2.25. The molecule has 0 bridgehead atoms. The summed E-state index contributed by atoms with van der Waals surface area (Å²) in [7, 11) is 0. The third kappa shape index (κ3) is 9.91. The number of piperidine rings is 3. The number of aryl methyl sites for hydroxylation is 7. The zero-order valence-corrected chi connectivity index (χ0v) is 41.0. The Hall–Kier alpha value is -4.81. The van der Waals surface area contributed by atoms with Crippen molar-refractivity contribution in [2.75, 3.05) is 39.3 Å². The minimum absolute atomic E-state index is 0.847. The first kappa shape index (κ1) is 45.0. The molecule has 3 N–H and O–H groups in total. The van der Waals surface area contributed by atoms with Crippen molar-refractivity contribution in [2.24, 2.45) is 0 Å². The predicted molar refractivity (Wildman–Crippen MR) is 283 cm³/mol. The molecule has 66 heavy (non-hydrogen) atoms. The van der Waals surface area contributed by atoms with Crippen LogP contribution < -0.4 is 16.0 Å². The molecular formula is C61H63BrClN3. The van der Waals surface area contributed by atoms with Gasteiger partial charge in [-0.3, -0.25) is 0 Å². The lowest BCUT2D eigenvalue weighted by atomic mass is 9.86. The second-order valence-corrected chi connectivity index (χ2v) is 20.3. The summed E-state index contributed by atoms with van der Waals surface area (Å²) >= 11 is 9.89. The highest BCUT2D eigenvalue weighted by atomic mass is 79.9. The summed E-state index contributed by atoms with van der Waals surface area (Å²) in [5, 5.41) is 11.3. The molecule has 3 fully saturated rings. The number of hydrogen-bond acceptors (Lipinski definition) is 3. The van der Waals surface area contributed by atoms with Crippen LogP contribution in [0, 0.1) is 6.92 Å². The normalized spacial score (nSPS) is 17.7. The Morgan fingerprint density at radius 1 is 0.348 bits per heavy atom. The van der Waals surface area contributed by atoms with Gasteiger partial charge in [0.1, 0.15) is 0 Å². The molecule has 6 aromatic rings. The Morgan fingerprint density at radius 3 is 1.18 bits per heavy atom. The smallest absolute Gasteiger partial charge is 0.0409 e. The van der Waals surface area contributed by atoms with Gasteiger partial charge in [0, 0.05) is 9.50 Å². The van der Waals surface area contributed by atoms with Crippen LogP contribution in [0.3, 0.4) is 0 Å². The fraction of sp³-hybridized carbons (Fsp3) is 0.311. The Labute approximate surface area is 407 Å². The predicted octanol–water partition coefficient (Wildman–Crippen LogP) is 13.6. The van der Waals surface area contributed by atoms with Crippen LogP contribution >= 0.6 is 27.5 Å². The van der Waals surface area contributed by atoms with Crippen LogP contribution in [0.25, 0.3) is 16.7 Å². The number of fused-ring (bicyclic) bond motifs is 6. The van der Waals surface area contributed by atoms with Crippen molar-refractivity contribution in [1.29, 1.82) is 0 Å². The average molecular weight is 954 g/mol. The van der Waals surface area contributed by atoms with Gasteiger partial charge in [0.15, 0.2) is 0 Å². The van der Waals surface area contributed by atoms with Crippen molar-refractivity contribution in [3.05, 3.63) is 226 Å². The second-order valence-electron chi connectivity index (χ2n) is 18.9.